The van der Waals surface area contributed by atoms with Crippen molar-refractivity contribution in [1.82, 2.24) is 0 Å². The number of aliphatic hydroxyl groups excluding tert-OH is 3. The van der Waals surface area contributed by atoms with Crippen LogP contribution >= 0.6 is 0 Å². The number of aliphatic hydroxyl groups is 3. The lowest BCUT2D eigenvalue weighted by molar-refractivity contribution is -0.116. The molecular formula is C21H18O12. The molecule has 0 saturated carbocycles. The van der Waals surface area contributed by atoms with Crippen LogP contribution in [0.4, 0.5) is 0 Å². The Hall–Kier alpha value is -3.58. The monoisotopic (exact) mass is 462 g/mol. The van der Waals surface area contributed by atoms with Crippen LogP contribution in [0.25, 0.3) is 32.7 Å². The van der Waals surface area contributed by atoms with Gasteiger partial charge in [-0.2, -0.15) is 0 Å². The molecule has 4 unspecified atom stereocenters. The average molecular weight is 462 g/mol. The van der Waals surface area contributed by atoms with Crippen LogP contribution in [0.2, 0.25) is 0 Å². The second-order valence-electron chi connectivity index (χ2n) is 7.44. The molecule has 0 spiro atoms. The Morgan fingerprint density at radius 2 is 1.48 bits per heavy atom. The summed E-state index contributed by atoms with van der Waals surface area (Å²) in [6.07, 6.45) is -5.55. The summed E-state index contributed by atoms with van der Waals surface area (Å²) in [5.74, 6) is -0.855. The first-order valence-corrected chi connectivity index (χ1v) is 9.73. The van der Waals surface area contributed by atoms with Gasteiger partial charge in [0.1, 0.15) is 18.3 Å². The van der Waals surface area contributed by atoms with Gasteiger partial charge in [-0.05, 0) is 12.1 Å². The maximum absolute atomic E-state index is 12.9. The first-order valence-electron chi connectivity index (χ1n) is 9.73. The Labute approximate surface area is 183 Å². The molecule has 1 fully saturated rings. The van der Waals surface area contributed by atoms with E-state index in [1.807, 2.05) is 0 Å². The van der Waals surface area contributed by atoms with Gasteiger partial charge < -0.3 is 48.2 Å². The fourth-order valence-electron chi connectivity index (χ4n) is 4.05. The largest absolute Gasteiger partial charge is 0.502 e. The van der Waals surface area contributed by atoms with E-state index >= 15 is 0 Å². The van der Waals surface area contributed by atoms with Crippen LogP contribution in [0.15, 0.2) is 30.6 Å². The van der Waals surface area contributed by atoms with Crippen molar-refractivity contribution >= 4 is 32.7 Å². The fraction of sp³-hybridized carbons (Fsp3) is 0.333. The Kier molecular flexibility index (Phi) is 4.83. The molecule has 3 heterocycles. The standard InChI is InChI=1S/C21H18O12/c1-28-8-3-6-11-12-7(19(26)31-17(11)14(8)24)4-9(29-2)16(18(12)32-20(6)27)33-21-15(25)13(23)10(5-22)30-21/h3-4,10,13,15,21-25H,5H2,1-2H3. The Balaban J connectivity index is 1.84. The first-order chi connectivity index (χ1) is 15.8. The second-order valence-corrected chi connectivity index (χ2v) is 7.44. The number of rotatable bonds is 5. The molecular weight excluding hydrogens is 444 g/mol. The molecule has 0 aliphatic carbocycles. The van der Waals surface area contributed by atoms with Gasteiger partial charge in [0.15, 0.2) is 22.7 Å². The Morgan fingerprint density at radius 1 is 0.909 bits per heavy atom. The number of hydrogen-bond donors (Lipinski definition) is 4. The van der Waals surface area contributed by atoms with E-state index in [4.69, 9.17) is 27.8 Å². The summed E-state index contributed by atoms with van der Waals surface area (Å²) in [5, 5.41) is 40.2. The molecule has 4 atom stereocenters. The third kappa shape index (κ3) is 2.92. The van der Waals surface area contributed by atoms with Crippen molar-refractivity contribution in [2.75, 3.05) is 20.8 Å². The third-order valence-electron chi connectivity index (χ3n) is 5.67. The summed E-state index contributed by atoms with van der Waals surface area (Å²) in [6, 6.07) is 2.53. The van der Waals surface area contributed by atoms with Crippen molar-refractivity contribution in [3.63, 3.8) is 0 Å². The summed E-state index contributed by atoms with van der Waals surface area (Å²) in [7, 11) is 2.54. The smallest absolute Gasteiger partial charge is 0.344 e. The molecule has 4 aromatic rings. The van der Waals surface area contributed by atoms with Crippen molar-refractivity contribution in [2.24, 2.45) is 0 Å². The van der Waals surface area contributed by atoms with Crippen molar-refractivity contribution in [1.29, 1.82) is 0 Å². The van der Waals surface area contributed by atoms with Gasteiger partial charge in [0.25, 0.3) is 0 Å². The lowest BCUT2D eigenvalue weighted by atomic mass is 10.0. The third-order valence-corrected chi connectivity index (χ3v) is 5.67. The van der Waals surface area contributed by atoms with Crippen LogP contribution < -0.4 is 25.5 Å². The summed E-state index contributed by atoms with van der Waals surface area (Å²) in [6.45, 7) is -0.578. The summed E-state index contributed by atoms with van der Waals surface area (Å²) in [4.78, 5) is 25.6. The number of hydrogen-bond acceptors (Lipinski definition) is 12. The molecule has 5 rings (SSSR count). The lowest BCUT2D eigenvalue weighted by Gasteiger charge is -2.20. The predicted molar refractivity (Wildman–Crippen MR) is 110 cm³/mol. The van der Waals surface area contributed by atoms with E-state index in [0.29, 0.717) is 0 Å². The van der Waals surface area contributed by atoms with Gasteiger partial charge in [-0.25, -0.2) is 9.59 Å². The number of methoxy groups -OCH3 is 2. The molecule has 0 amide bonds. The van der Waals surface area contributed by atoms with E-state index in [9.17, 15) is 30.0 Å². The SMILES string of the molecule is COc1cc2c(=O)oc3c(OC4OC(CO)C(O)C4O)c(OC)cc4c(=O)oc(c1O)c2c34. The highest BCUT2D eigenvalue weighted by Crippen LogP contribution is 2.46. The quantitative estimate of drug-likeness (QED) is 0.231. The zero-order valence-electron chi connectivity index (χ0n) is 17.2. The van der Waals surface area contributed by atoms with E-state index in [2.05, 4.69) is 0 Å². The summed E-state index contributed by atoms with van der Waals surface area (Å²) < 4.78 is 32.2. The molecule has 0 radical (unpaired) electrons. The average Bonchev–Trinajstić information content (AvgIpc) is 3.08. The normalized spacial score (nSPS) is 23.1. The van der Waals surface area contributed by atoms with Gasteiger partial charge in [-0.1, -0.05) is 0 Å². The van der Waals surface area contributed by atoms with Gasteiger partial charge in [0, 0.05) is 10.8 Å². The number of benzene rings is 2. The van der Waals surface area contributed by atoms with Crippen molar-refractivity contribution in [2.45, 2.75) is 24.6 Å². The van der Waals surface area contributed by atoms with E-state index in [1.165, 1.54) is 26.4 Å². The first kappa shape index (κ1) is 21.3. The van der Waals surface area contributed by atoms with Crippen LogP contribution in [0.5, 0.6) is 23.0 Å². The van der Waals surface area contributed by atoms with Crippen molar-refractivity contribution in [3.8, 4) is 23.0 Å². The maximum atomic E-state index is 12.9. The molecule has 0 bridgehead atoms. The number of phenols is 1. The topological polar surface area (TPSA) is 178 Å². The Morgan fingerprint density at radius 3 is 2.06 bits per heavy atom. The van der Waals surface area contributed by atoms with E-state index in [-0.39, 0.29) is 50.0 Å². The molecule has 1 saturated heterocycles. The highest BCUT2D eigenvalue weighted by molar-refractivity contribution is 6.22. The molecule has 2 aromatic heterocycles. The zero-order valence-corrected chi connectivity index (χ0v) is 17.2. The molecule has 1 aliphatic heterocycles. The van der Waals surface area contributed by atoms with Crippen LogP contribution in [-0.2, 0) is 4.74 Å². The van der Waals surface area contributed by atoms with Crippen LogP contribution in [0, 0.1) is 0 Å². The summed E-state index contributed by atoms with van der Waals surface area (Å²) in [5.41, 5.74) is -2.24. The molecule has 33 heavy (non-hydrogen) atoms. The van der Waals surface area contributed by atoms with E-state index in [1.54, 1.807) is 0 Å². The molecule has 2 aromatic carbocycles. The minimum Gasteiger partial charge on any atom is -0.502 e. The van der Waals surface area contributed by atoms with E-state index < -0.39 is 48.2 Å². The highest BCUT2D eigenvalue weighted by Gasteiger charge is 2.44. The number of aromatic hydroxyl groups is 1. The zero-order chi connectivity index (χ0) is 23.6. The van der Waals surface area contributed by atoms with Crippen molar-refractivity contribution in [3.05, 3.63) is 33.0 Å². The fourth-order valence-corrected chi connectivity index (χ4v) is 4.05. The molecule has 12 heteroatoms. The highest BCUT2D eigenvalue weighted by atomic mass is 16.7. The van der Waals surface area contributed by atoms with E-state index in [0.717, 1.165) is 0 Å². The van der Waals surface area contributed by atoms with Gasteiger partial charge in [-0.15, -0.1) is 0 Å². The molecule has 174 valence electrons. The minimum atomic E-state index is -1.55. The van der Waals surface area contributed by atoms with Gasteiger partial charge in [-0.3, -0.25) is 0 Å². The number of ether oxygens (including phenoxy) is 4. The maximum Gasteiger partial charge on any atom is 0.344 e. The molecule has 4 N–H and O–H groups in total. The Bertz CT molecular complexity index is 1480. The van der Waals surface area contributed by atoms with Gasteiger partial charge in [0.05, 0.1) is 31.6 Å². The van der Waals surface area contributed by atoms with Gasteiger partial charge >= 0.3 is 11.3 Å². The van der Waals surface area contributed by atoms with Crippen LogP contribution in [-0.4, -0.2) is 65.9 Å². The number of phenolic OH excluding ortho intramolecular Hbond substituents is 1. The lowest BCUT2D eigenvalue weighted by Crippen LogP contribution is -2.35. The van der Waals surface area contributed by atoms with Crippen LogP contribution in [0.3, 0.4) is 0 Å². The molecule has 12 nitrogen and oxygen atoms in total. The minimum absolute atomic E-state index is 0.0232. The second kappa shape index (κ2) is 7.49. The predicted octanol–water partition coefficient (Wildman–Crippen LogP) is 0.0310. The van der Waals surface area contributed by atoms with Crippen molar-refractivity contribution < 1.29 is 48.2 Å². The molecule has 1 aliphatic rings. The summed E-state index contributed by atoms with van der Waals surface area (Å²) >= 11 is 0. The van der Waals surface area contributed by atoms with Gasteiger partial charge in [0.2, 0.25) is 17.8 Å². The van der Waals surface area contributed by atoms with Crippen LogP contribution in [0.1, 0.15) is 0 Å².